The molecule has 1 aliphatic rings. The van der Waals surface area contributed by atoms with Crippen molar-refractivity contribution in [1.29, 1.82) is 0 Å². The van der Waals surface area contributed by atoms with E-state index >= 15 is 0 Å². The molecule has 4 nitrogen and oxygen atoms in total. The van der Waals surface area contributed by atoms with Crippen molar-refractivity contribution in [2.24, 2.45) is 0 Å². The van der Waals surface area contributed by atoms with E-state index in [0.717, 1.165) is 55.2 Å². The molecule has 134 valence electrons. The Labute approximate surface area is 151 Å². The van der Waals surface area contributed by atoms with E-state index in [1.54, 1.807) is 12.1 Å². The minimum Gasteiger partial charge on any atom is -0.378 e. The van der Waals surface area contributed by atoms with Gasteiger partial charge in [-0.05, 0) is 50.5 Å². The highest BCUT2D eigenvalue weighted by Crippen LogP contribution is 2.29. The van der Waals surface area contributed by atoms with Gasteiger partial charge in [-0.1, -0.05) is 6.92 Å². The van der Waals surface area contributed by atoms with Crippen molar-refractivity contribution in [3.05, 3.63) is 40.7 Å². The third-order valence-electron chi connectivity index (χ3n) is 4.37. The van der Waals surface area contributed by atoms with E-state index in [9.17, 15) is 9.18 Å². The molecule has 0 atom stereocenters. The number of halogens is 1. The van der Waals surface area contributed by atoms with Crippen molar-refractivity contribution in [2.45, 2.75) is 39.2 Å². The summed E-state index contributed by atoms with van der Waals surface area (Å²) in [6.45, 7) is 6.18. The van der Waals surface area contributed by atoms with Crippen molar-refractivity contribution in [1.82, 2.24) is 9.88 Å². The summed E-state index contributed by atoms with van der Waals surface area (Å²) in [4.78, 5) is 19.9. The van der Waals surface area contributed by atoms with Crippen LogP contribution in [0.2, 0.25) is 0 Å². The Morgan fingerprint density at radius 1 is 1.32 bits per heavy atom. The lowest BCUT2D eigenvalue weighted by Crippen LogP contribution is -2.40. The molecule has 1 amide bonds. The largest absolute Gasteiger partial charge is 0.378 e. The Hall–Kier alpha value is -1.79. The fraction of sp³-hybridized carbons (Fsp3) is 0.474. The summed E-state index contributed by atoms with van der Waals surface area (Å²) in [5.41, 5.74) is 1.57. The lowest BCUT2D eigenvalue weighted by Gasteiger charge is -2.31. The summed E-state index contributed by atoms with van der Waals surface area (Å²) in [7, 11) is 0. The fourth-order valence-electron chi connectivity index (χ4n) is 2.96. The second-order valence-corrected chi connectivity index (χ2v) is 7.30. The SMILES string of the molecule is CCCOC1CCN(C(=O)c2sc(-c3ccc(F)cc3)nc2C)CC1. The molecule has 1 aliphatic heterocycles. The molecule has 2 aromatic rings. The summed E-state index contributed by atoms with van der Waals surface area (Å²) < 4.78 is 18.9. The monoisotopic (exact) mass is 362 g/mol. The van der Waals surface area contributed by atoms with Crippen LogP contribution in [0.3, 0.4) is 0 Å². The zero-order chi connectivity index (χ0) is 17.8. The van der Waals surface area contributed by atoms with Crippen LogP contribution in [0.5, 0.6) is 0 Å². The van der Waals surface area contributed by atoms with E-state index < -0.39 is 0 Å². The second-order valence-electron chi connectivity index (χ2n) is 6.30. The standard InChI is InChI=1S/C19H23FN2O2S/c1-3-12-24-16-8-10-22(11-9-16)19(23)17-13(2)21-18(25-17)14-4-6-15(20)7-5-14/h4-7,16H,3,8-12H2,1-2H3. The molecule has 1 aromatic heterocycles. The van der Waals surface area contributed by atoms with Gasteiger partial charge < -0.3 is 9.64 Å². The molecule has 25 heavy (non-hydrogen) atoms. The number of nitrogens with zero attached hydrogens (tertiary/aromatic N) is 2. The predicted octanol–water partition coefficient (Wildman–Crippen LogP) is 4.29. The number of carbonyl (C=O) groups is 1. The van der Waals surface area contributed by atoms with Crippen LogP contribution in [0.25, 0.3) is 10.6 Å². The molecule has 0 N–H and O–H groups in total. The molecule has 0 saturated carbocycles. The van der Waals surface area contributed by atoms with Gasteiger partial charge in [0.2, 0.25) is 0 Å². The second kappa shape index (κ2) is 8.06. The Bertz CT molecular complexity index is 722. The van der Waals surface area contributed by atoms with E-state index in [-0.39, 0.29) is 17.8 Å². The molecule has 0 bridgehead atoms. The van der Waals surface area contributed by atoms with E-state index in [0.29, 0.717) is 4.88 Å². The number of ether oxygens (including phenoxy) is 1. The van der Waals surface area contributed by atoms with Crippen LogP contribution >= 0.6 is 11.3 Å². The molecule has 3 rings (SSSR count). The minimum atomic E-state index is -0.276. The van der Waals surface area contributed by atoms with E-state index in [1.807, 2.05) is 11.8 Å². The quantitative estimate of drug-likeness (QED) is 0.797. The molecule has 0 unspecified atom stereocenters. The molecular formula is C19H23FN2O2S. The summed E-state index contributed by atoms with van der Waals surface area (Å²) in [5.74, 6) is -0.237. The van der Waals surface area contributed by atoms with Crippen molar-refractivity contribution in [3.63, 3.8) is 0 Å². The molecule has 0 spiro atoms. The zero-order valence-corrected chi connectivity index (χ0v) is 15.4. The molecule has 1 aromatic carbocycles. The van der Waals surface area contributed by atoms with Crippen LogP contribution in [0.1, 0.15) is 41.6 Å². The van der Waals surface area contributed by atoms with Crippen LogP contribution in [0.15, 0.2) is 24.3 Å². The van der Waals surface area contributed by atoms with Crippen LogP contribution < -0.4 is 0 Å². The van der Waals surface area contributed by atoms with Crippen LogP contribution in [0, 0.1) is 12.7 Å². The number of hydrogen-bond acceptors (Lipinski definition) is 4. The smallest absolute Gasteiger partial charge is 0.265 e. The lowest BCUT2D eigenvalue weighted by atomic mass is 10.1. The van der Waals surface area contributed by atoms with Gasteiger partial charge in [0.05, 0.1) is 11.8 Å². The van der Waals surface area contributed by atoms with Gasteiger partial charge >= 0.3 is 0 Å². The number of amides is 1. The third-order valence-corrected chi connectivity index (χ3v) is 5.56. The summed E-state index contributed by atoms with van der Waals surface area (Å²) >= 11 is 1.38. The first kappa shape index (κ1) is 18.0. The molecule has 0 aliphatic carbocycles. The fourth-order valence-corrected chi connectivity index (χ4v) is 4.00. The van der Waals surface area contributed by atoms with Crippen molar-refractivity contribution in [3.8, 4) is 10.6 Å². The van der Waals surface area contributed by atoms with Gasteiger partial charge in [0.1, 0.15) is 15.7 Å². The van der Waals surface area contributed by atoms with Crippen LogP contribution in [-0.2, 0) is 4.74 Å². The van der Waals surface area contributed by atoms with E-state index in [1.165, 1.54) is 23.5 Å². The average molecular weight is 362 g/mol. The highest BCUT2D eigenvalue weighted by molar-refractivity contribution is 7.17. The molecule has 0 radical (unpaired) electrons. The first-order valence-electron chi connectivity index (χ1n) is 8.72. The van der Waals surface area contributed by atoms with Crippen LogP contribution in [-0.4, -0.2) is 41.6 Å². The van der Waals surface area contributed by atoms with Gasteiger partial charge in [0, 0.05) is 25.3 Å². The van der Waals surface area contributed by atoms with Gasteiger partial charge in [-0.2, -0.15) is 0 Å². The number of hydrogen-bond donors (Lipinski definition) is 0. The Morgan fingerprint density at radius 3 is 2.64 bits per heavy atom. The zero-order valence-electron chi connectivity index (χ0n) is 14.6. The number of aromatic nitrogens is 1. The van der Waals surface area contributed by atoms with Gasteiger partial charge in [-0.3, -0.25) is 4.79 Å². The Kier molecular flexibility index (Phi) is 5.81. The third kappa shape index (κ3) is 4.25. The maximum atomic E-state index is 13.1. The van der Waals surface area contributed by atoms with Gasteiger partial charge in [0.25, 0.3) is 5.91 Å². The van der Waals surface area contributed by atoms with Crippen molar-refractivity contribution < 1.29 is 13.9 Å². The first-order chi connectivity index (χ1) is 12.1. The molecule has 2 heterocycles. The molecule has 1 fully saturated rings. The average Bonchev–Trinajstić information content (AvgIpc) is 3.02. The molecule has 1 saturated heterocycles. The summed E-state index contributed by atoms with van der Waals surface area (Å²) in [5, 5.41) is 0.752. The van der Waals surface area contributed by atoms with Crippen molar-refractivity contribution >= 4 is 17.2 Å². The lowest BCUT2D eigenvalue weighted by molar-refractivity contribution is 0.00912. The number of piperidine rings is 1. The number of carbonyl (C=O) groups excluding carboxylic acids is 1. The summed E-state index contributed by atoms with van der Waals surface area (Å²) in [6.07, 6.45) is 3.05. The van der Waals surface area contributed by atoms with Gasteiger partial charge in [-0.25, -0.2) is 9.37 Å². The summed E-state index contributed by atoms with van der Waals surface area (Å²) in [6, 6.07) is 6.21. The Balaban J connectivity index is 1.68. The number of likely N-dealkylation sites (tertiary alicyclic amines) is 1. The number of thiazole rings is 1. The van der Waals surface area contributed by atoms with Gasteiger partial charge in [-0.15, -0.1) is 11.3 Å². The maximum Gasteiger partial charge on any atom is 0.265 e. The van der Waals surface area contributed by atoms with Crippen LogP contribution in [0.4, 0.5) is 4.39 Å². The molecule has 6 heteroatoms. The van der Waals surface area contributed by atoms with Gasteiger partial charge in [0.15, 0.2) is 0 Å². The number of rotatable bonds is 5. The number of aryl methyl sites for hydroxylation is 1. The number of benzene rings is 1. The van der Waals surface area contributed by atoms with E-state index in [4.69, 9.17) is 4.74 Å². The Morgan fingerprint density at radius 2 is 2.00 bits per heavy atom. The normalized spacial score (nSPS) is 15.6. The topological polar surface area (TPSA) is 42.4 Å². The van der Waals surface area contributed by atoms with Crippen molar-refractivity contribution in [2.75, 3.05) is 19.7 Å². The predicted molar refractivity (Wildman–Crippen MR) is 97.4 cm³/mol. The minimum absolute atomic E-state index is 0.0392. The molecular weight excluding hydrogens is 339 g/mol. The first-order valence-corrected chi connectivity index (χ1v) is 9.54. The highest BCUT2D eigenvalue weighted by Gasteiger charge is 2.26. The maximum absolute atomic E-state index is 13.1. The van der Waals surface area contributed by atoms with E-state index in [2.05, 4.69) is 11.9 Å². The highest BCUT2D eigenvalue weighted by atomic mass is 32.1.